The molecule has 5 nitrogen and oxygen atoms in total. The Morgan fingerprint density at radius 1 is 1.30 bits per heavy atom. The number of likely N-dealkylation sites (tertiary alicyclic amines) is 1. The van der Waals surface area contributed by atoms with E-state index < -0.39 is 0 Å². The summed E-state index contributed by atoms with van der Waals surface area (Å²) in [4.78, 5) is 14.1. The van der Waals surface area contributed by atoms with Gasteiger partial charge in [-0.1, -0.05) is 35.5 Å². The number of hydrogen-bond acceptors (Lipinski definition) is 4. The highest BCUT2D eigenvalue weighted by molar-refractivity contribution is 5.92. The number of amides is 1. The Morgan fingerprint density at radius 3 is 2.70 bits per heavy atom. The Balaban J connectivity index is 1.41. The molecule has 5 heteroatoms. The average molecular weight is 314 g/mol. The van der Waals surface area contributed by atoms with Gasteiger partial charge >= 0.3 is 0 Å². The molecule has 0 unspecified atom stereocenters. The first-order valence-corrected chi connectivity index (χ1v) is 8.06. The van der Waals surface area contributed by atoms with Crippen molar-refractivity contribution in [2.75, 3.05) is 19.7 Å². The largest absolute Gasteiger partial charge is 0.376 e. The molecule has 1 aliphatic heterocycles. The third-order valence-electron chi connectivity index (χ3n) is 4.21. The summed E-state index contributed by atoms with van der Waals surface area (Å²) in [7, 11) is 0. The molecule has 1 aromatic heterocycles. The van der Waals surface area contributed by atoms with Crippen molar-refractivity contribution in [3.63, 3.8) is 0 Å². The Hall–Kier alpha value is -2.14. The lowest BCUT2D eigenvalue weighted by Gasteiger charge is -2.31. The van der Waals surface area contributed by atoms with Crippen molar-refractivity contribution in [2.24, 2.45) is 5.92 Å². The molecular weight excluding hydrogens is 292 g/mol. The van der Waals surface area contributed by atoms with Gasteiger partial charge in [-0.05, 0) is 31.2 Å². The molecule has 0 N–H and O–H groups in total. The topological polar surface area (TPSA) is 55.6 Å². The molecule has 1 saturated heterocycles. The minimum absolute atomic E-state index is 0.0366. The summed E-state index contributed by atoms with van der Waals surface area (Å²) in [5.41, 5.74) is 1.60. The summed E-state index contributed by atoms with van der Waals surface area (Å²) in [6.45, 7) is 4.70. The van der Waals surface area contributed by atoms with E-state index in [0.717, 1.165) is 32.5 Å². The zero-order valence-corrected chi connectivity index (χ0v) is 13.4. The van der Waals surface area contributed by atoms with E-state index in [-0.39, 0.29) is 5.91 Å². The van der Waals surface area contributed by atoms with Crippen LogP contribution in [0, 0.1) is 12.8 Å². The Morgan fingerprint density at radius 2 is 2.04 bits per heavy atom. The van der Waals surface area contributed by atoms with Crippen molar-refractivity contribution in [3.8, 4) is 0 Å². The first kappa shape index (κ1) is 15.7. The number of aryl methyl sites for hydroxylation is 1. The summed E-state index contributed by atoms with van der Waals surface area (Å²) < 4.78 is 10.8. The summed E-state index contributed by atoms with van der Waals surface area (Å²) in [6.07, 6.45) is 1.94. The van der Waals surface area contributed by atoms with Crippen LogP contribution in [0.1, 0.15) is 34.7 Å². The summed E-state index contributed by atoms with van der Waals surface area (Å²) in [6, 6.07) is 11.9. The molecule has 0 bridgehead atoms. The number of ether oxygens (including phenoxy) is 1. The van der Waals surface area contributed by atoms with Crippen LogP contribution in [-0.2, 0) is 11.3 Å². The van der Waals surface area contributed by atoms with Gasteiger partial charge in [0.2, 0.25) is 0 Å². The van der Waals surface area contributed by atoms with Crippen molar-refractivity contribution >= 4 is 5.91 Å². The molecular formula is C18H22N2O3. The van der Waals surface area contributed by atoms with E-state index in [4.69, 9.17) is 9.26 Å². The molecule has 122 valence electrons. The highest BCUT2D eigenvalue weighted by atomic mass is 16.5. The second-order valence-corrected chi connectivity index (χ2v) is 6.06. The van der Waals surface area contributed by atoms with Gasteiger partial charge in [-0.2, -0.15) is 0 Å². The molecule has 2 aromatic rings. The van der Waals surface area contributed by atoms with Crippen LogP contribution in [0.15, 0.2) is 40.9 Å². The molecule has 1 fully saturated rings. The number of aromatic nitrogens is 1. The molecule has 0 spiro atoms. The van der Waals surface area contributed by atoms with Gasteiger partial charge in [-0.3, -0.25) is 4.79 Å². The maximum atomic E-state index is 12.3. The Bertz CT molecular complexity index is 631. The minimum atomic E-state index is -0.0366. The van der Waals surface area contributed by atoms with Crippen molar-refractivity contribution in [1.82, 2.24) is 10.1 Å². The van der Waals surface area contributed by atoms with Gasteiger partial charge < -0.3 is 14.2 Å². The Labute approximate surface area is 136 Å². The number of rotatable bonds is 5. The third kappa shape index (κ3) is 4.20. The van der Waals surface area contributed by atoms with E-state index in [2.05, 4.69) is 17.3 Å². The second-order valence-electron chi connectivity index (χ2n) is 6.06. The molecule has 3 rings (SSSR count). The van der Waals surface area contributed by atoms with Crippen LogP contribution in [0.4, 0.5) is 0 Å². The van der Waals surface area contributed by atoms with E-state index in [1.165, 1.54) is 5.56 Å². The molecule has 0 radical (unpaired) electrons. The number of nitrogens with zero attached hydrogens (tertiary/aromatic N) is 2. The third-order valence-corrected chi connectivity index (χ3v) is 4.21. The van der Waals surface area contributed by atoms with Crippen molar-refractivity contribution in [1.29, 1.82) is 0 Å². The maximum Gasteiger partial charge on any atom is 0.276 e. The first-order chi connectivity index (χ1) is 11.2. The standard InChI is InChI=1S/C18H22N2O3/c1-14-11-17(19-23-14)18(21)20-9-7-16(8-10-20)13-22-12-15-5-3-2-4-6-15/h2-6,11,16H,7-10,12-13H2,1H3. The van der Waals surface area contributed by atoms with Crippen LogP contribution in [0.25, 0.3) is 0 Å². The fourth-order valence-corrected chi connectivity index (χ4v) is 2.85. The zero-order chi connectivity index (χ0) is 16.1. The smallest absolute Gasteiger partial charge is 0.276 e. The van der Waals surface area contributed by atoms with Gasteiger partial charge in [0.25, 0.3) is 5.91 Å². The minimum Gasteiger partial charge on any atom is -0.376 e. The van der Waals surface area contributed by atoms with Crippen molar-refractivity contribution in [2.45, 2.75) is 26.4 Å². The van der Waals surface area contributed by atoms with Gasteiger partial charge in [0, 0.05) is 25.8 Å². The van der Waals surface area contributed by atoms with Gasteiger partial charge in [-0.15, -0.1) is 0 Å². The quantitative estimate of drug-likeness (QED) is 0.851. The number of carbonyl (C=O) groups is 1. The normalized spacial score (nSPS) is 15.8. The van der Waals surface area contributed by atoms with Gasteiger partial charge in [-0.25, -0.2) is 0 Å². The van der Waals surface area contributed by atoms with Crippen LogP contribution >= 0.6 is 0 Å². The van der Waals surface area contributed by atoms with E-state index in [1.54, 1.807) is 13.0 Å². The summed E-state index contributed by atoms with van der Waals surface area (Å²) in [5.74, 6) is 1.14. The lowest BCUT2D eigenvalue weighted by molar-refractivity contribution is 0.0473. The molecule has 1 aliphatic rings. The fourth-order valence-electron chi connectivity index (χ4n) is 2.85. The highest BCUT2D eigenvalue weighted by Gasteiger charge is 2.25. The van der Waals surface area contributed by atoms with Crippen LogP contribution in [0.2, 0.25) is 0 Å². The number of carbonyl (C=O) groups excluding carboxylic acids is 1. The molecule has 0 aliphatic carbocycles. The van der Waals surface area contributed by atoms with E-state index >= 15 is 0 Å². The average Bonchev–Trinajstić information content (AvgIpc) is 3.02. The van der Waals surface area contributed by atoms with E-state index in [0.29, 0.717) is 24.0 Å². The lowest BCUT2D eigenvalue weighted by atomic mass is 9.97. The van der Waals surface area contributed by atoms with Crippen LogP contribution < -0.4 is 0 Å². The summed E-state index contributed by atoms with van der Waals surface area (Å²) in [5, 5.41) is 3.80. The molecule has 1 amide bonds. The summed E-state index contributed by atoms with van der Waals surface area (Å²) >= 11 is 0. The predicted molar refractivity (Wildman–Crippen MR) is 86.0 cm³/mol. The van der Waals surface area contributed by atoms with Crippen LogP contribution in [0.3, 0.4) is 0 Å². The predicted octanol–water partition coefficient (Wildman–Crippen LogP) is 3.05. The van der Waals surface area contributed by atoms with Gasteiger partial charge in [0.1, 0.15) is 5.76 Å². The zero-order valence-electron chi connectivity index (χ0n) is 13.4. The monoisotopic (exact) mass is 314 g/mol. The Kier molecular flexibility index (Phi) is 5.08. The van der Waals surface area contributed by atoms with Crippen LogP contribution in [-0.4, -0.2) is 35.7 Å². The molecule has 2 heterocycles. The fraction of sp³-hybridized carbons (Fsp3) is 0.444. The number of benzene rings is 1. The highest BCUT2D eigenvalue weighted by Crippen LogP contribution is 2.20. The SMILES string of the molecule is Cc1cc(C(=O)N2CCC(COCc3ccccc3)CC2)no1. The first-order valence-electron chi connectivity index (χ1n) is 8.06. The molecule has 23 heavy (non-hydrogen) atoms. The lowest BCUT2D eigenvalue weighted by Crippen LogP contribution is -2.39. The number of piperidine rings is 1. The van der Waals surface area contributed by atoms with Gasteiger partial charge in [0.15, 0.2) is 5.69 Å². The maximum absolute atomic E-state index is 12.3. The van der Waals surface area contributed by atoms with Crippen molar-refractivity contribution in [3.05, 3.63) is 53.4 Å². The molecule has 0 atom stereocenters. The molecule has 1 aromatic carbocycles. The van der Waals surface area contributed by atoms with Crippen molar-refractivity contribution < 1.29 is 14.1 Å². The van der Waals surface area contributed by atoms with Crippen LogP contribution in [0.5, 0.6) is 0 Å². The molecule has 0 saturated carbocycles. The number of hydrogen-bond donors (Lipinski definition) is 0. The van der Waals surface area contributed by atoms with E-state index in [1.807, 2.05) is 23.1 Å². The second kappa shape index (κ2) is 7.42. The van der Waals surface area contributed by atoms with Gasteiger partial charge in [0.05, 0.1) is 6.61 Å². The van der Waals surface area contributed by atoms with E-state index in [9.17, 15) is 4.79 Å².